The van der Waals surface area contributed by atoms with Gasteiger partial charge in [0.2, 0.25) is 21.8 Å². The van der Waals surface area contributed by atoms with Crippen LogP contribution in [0.3, 0.4) is 0 Å². The smallest absolute Gasteiger partial charge is 0.244 e. The fourth-order valence-electron chi connectivity index (χ4n) is 4.17. The van der Waals surface area contributed by atoms with Crippen LogP contribution in [0, 0.1) is 0 Å². The number of para-hydroxylation sites is 2. The monoisotopic (exact) mass is 615 g/mol. The van der Waals surface area contributed by atoms with Gasteiger partial charge in [-0.1, -0.05) is 70.5 Å². The van der Waals surface area contributed by atoms with E-state index in [0.29, 0.717) is 18.9 Å². The van der Waals surface area contributed by atoms with Crippen molar-refractivity contribution in [2.75, 3.05) is 30.3 Å². The lowest BCUT2D eigenvalue weighted by atomic mass is 10.0. The molecular formula is C29H34BrN3O5S. The third-order valence-electron chi connectivity index (χ3n) is 6.00. The first-order chi connectivity index (χ1) is 18.6. The van der Waals surface area contributed by atoms with E-state index >= 15 is 0 Å². The van der Waals surface area contributed by atoms with Crippen LogP contribution < -0.4 is 14.4 Å². The van der Waals surface area contributed by atoms with Crippen molar-refractivity contribution in [3.63, 3.8) is 0 Å². The van der Waals surface area contributed by atoms with E-state index in [2.05, 4.69) is 21.2 Å². The molecule has 208 valence electrons. The summed E-state index contributed by atoms with van der Waals surface area (Å²) in [6.45, 7) is 3.95. The number of amides is 2. The van der Waals surface area contributed by atoms with E-state index in [0.717, 1.165) is 26.2 Å². The molecule has 0 bridgehead atoms. The van der Waals surface area contributed by atoms with Crippen molar-refractivity contribution >= 4 is 43.5 Å². The Kier molecular flexibility index (Phi) is 10.9. The highest BCUT2D eigenvalue weighted by Gasteiger charge is 2.33. The zero-order valence-corrected chi connectivity index (χ0v) is 24.7. The van der Waals surface area contributed by atoms with Crippen molar-refractivity contribution in [3.8, 4) is 5.75 Å². The van der Waals surface area contributed by atoms with Gasteiger partial charge in [-0.3, -0.25) is 13.9 Å². The predicted octanol–water partition coefficient (Wildman–Crippen LogP) is 4.39. The minimum Gasteiger partial charge on any atom is -0.492 e. The van der Waals surface area contributed by atoms with E-state index in [1.807, 2.05) is 61.5 Å². The number of rotatable bonds is 13. The third-order valence-corrected chi connectivity index (χ3v) is 7.66. The van der Waals surface area contributed by atoms with Crippen LogP contribution in [0.15, 0.2) is 83.3 Å². The second kappa shape index (κ2) is 14.1. The summed E-state index contributed by atoms with van der Waals surface area (Å²) in [6.07, 6.45) is 1.32. The standard InChI is InChI=1S/C29H34BrN3O5S/c1-4-31-29(35)26(19-22-11-7-6-8-12-22)32(20-23-15-17-24(30)18-16-23)28(34)21-33(39(3,36)37)25-13-9-10-14-27(25)38-5-2/h6-18,26H,4-5,19-21H2,1-3H3,(H,31,35)/t26-/m0/s1. The Bertz CT molecular complexity index is 1350. The van der Waals surface area contributed by atoms with Crippen LogP contribution in [0.5, 0.6) is 5.75 Å². The summed E-state index contributed by atoms with van der Waals surface area (Å²) in [5, 5.41) is 2.85. The van der Waals surface area contributed by atoms with Crippen LogP contribution in [-0.2, 0) is 32.6 Å². The summed E-state index contributed by atoms with van der Waals surface area (Å²) in [6, 6.07) is 22.7. The first-order valence-electron chi connectivity index (χ1n) is 12.7. The number of likely N-dealkylation sites (N-methyl/N-ethyl adjacent to an activating group) is 1. The molecular weight excluding hydrogens is 582 g/mol. The number of sulfonamides is 1. The topological polar surface area (TPSA) is 96.0 Å². The number of carbonyl (C=O) groups is 2. The van der Waals surface area contributed by atoms with Crippen LogP contribution >= 0.6 is 15.9 Å². The number of anilines is 1. The molecule has 0 unspecified atom stereocenters. The maximum absolute atomic E-state index is 14.0. The maximum atomic E-state index is 14.0. The number of hydrogen-bond acceptors (Lipinski definition) is 5. The third kappa shape index (κ3) is 8.56. The highest BCUT2D eigenvalue weighted by molar-refractivity contribution is 9.10. The van der Waals surface area contributed by atoms with Gasteiger partial charge in [-0.25, -0.2) is 8.42 Å². The Hall–Kier alpha value is -3.37. The second-order valence-corrected chi connectivity index (χ2v) is 11.7. The van der Waals surface area contributed by atoms with E-state index < -0.39 is 28.5 Å². The first-order valence-corrected chi connectivity index (χ1v) is 15.3. The molecule has 0 saturated heterocycles. The summed E-state index contributed by atoms with van der Waals surface area (Å²) in [4.78, 5) is 28.9. The summed E-state index contributed by atoms with van der Waals surface area (Å²) in [5.41, 5.74) is 1.94. The largest absolute Gasteiger partial charge is 0.492 e. The van der Waals surface area contributed by atoms with Gasteiger partial charge in [0.05, 0.1) is 18.6 Å². The maximum Gasteiger partial charge on any atom is 0.244 e. The molecule has 0 aliphatic carbocycles. The molecule has 1 N–H and O–H groups in total. The lowest BCUT2D eigenvalue weighted by molar-refractivity contribution is -0.140. The SMILES string of the molecule is CCNC(=O)[C@H](Cc1ccccc1)N(Cc1ccc(Br)cc1)C(=O)CN(c1ccccc1OCC)S(C)(=O)=O. The van der Waals surface area contributed by atoms with Gasteiger partial charge in [0.25, 0.3) is 0 Å². The van der Waals surface area contributed by atoms with Crippen LogP contribution in [0.2, 0.25) is 0 Å². The number of nitrogens with zero attached hydrogens (tertiary/aromatic N) is 2. The molecule has 0 aliphatic heterocycles. The number of ether oxygens (including phenoxy) is 1. The number of nitrogens with one attached hydrogen (secondary N) is 1. The van der Waals surface area contributed by atoms with Gasteiger partial charge >= 0.3 is 0 Å². The number of hydrogen-bond donors (Lipinski definition) is 1. The molecule has 8 nitrogen and oxygen atoms in total. The van der Waals surface area contributed by atoms with Crippen molar-refractivity contribution < 1.29 is 22.7 Å². The molecule has 1 atom stereocenters. The minimum atomic E-state index is -3.88. The molecule has 0 aliphatic rings. The molecule has 3 rings (SSSR count). The Morgan fingerprint density at radius 1 is 0.923 bits per heavy atom. The van der Waals surface area contributed by atoms with Gasteiger partial charge in [0.1, 0.15) is 18.3 Å². The Labute approximate surface area is 239 Å². The quantitative estimate of drug-likeness (QED) is 0.308. The number of carbonyl (C=O) groups excluding carboxylic acids is 2. The summed E-state index contributed by atoms with van der Waals surface area (Å²) >= 11 is 3.43. The van der Waals surface area contributed by atoms with Crippen molar-refractivity contribution in [2.24, 2.45) is 0 Å². The van der Waals surface area contributed by atoms with Crippen LogP contribution in [-0.4, -0.2) is 57.1 Å². The molecule has 3 aromatic rings. The molecule has 10 heteroatoms. The van der Waals surface area contributed by atoms with Crippen molar-refractivity contribution in [3.05, 3.63) is 94.5 Å². The van der Waals surface area contributed by atoms with Gasteiger partial charge in [0.15, 0.2) is 0 Å². The molecule has 0 heterocycles. The minimum absolute atomic E-state index is 0.117. The number of benzene rings is 3. The van der Waals surface area contributed by atoms with Crippen molar-refractivity contribution in [1.82, 2.24) is 10.2 Å². The van der Waals surface area contributed by atoms with E-state index in [4.69, 9.17) is 4.74 Å². The first kappa shape index (κ1) is 30.2. The highest BCUT2D eigenvalue weighted by atomic mass is 79.9. The molecule has 0 aromatic heterocycles. The lowest BCUT2D eigenvalue weighted by Crippen LogP contribution is -2.53. The average Bonchev–Trinajstić information content (AvgIpc) is 2.91. The molecule has 3 aromatic carbocycles. The Morgan fingerprint density at radius 2 is 1.56 bits per heavy atom. The molecule has 39 heavy (non-hydrogen) atoms. The molecule has 0 spiro atoms. The fourth-order valence-corrected chi connectivity index (χ4v) is 5.29. The van der Waals surface area contributed by atoms with E-state index in [1.54, 1.807) is 31.2 Å². The number of halogens is 1. The fraction of sp³-hybridized carbons (Fsp3) is 0.310. The van der Waals surface area contributed by atoms with Crippen molar-refractivity contribution in [1.29, 1.82) is 0 Å². The second-order valence-electron chi connectivity index (χ2n) is 8.92. The Morgan fingerprint density at radius 3 is 2.18 bits per heavy atom. The lowest BCUT2D eigenvalue weighted by Gasteiger charge is -2.33. The zero-order valence-electron chi connectivity index (χ0n) is 22.3. The molecule has 0 saturated carbocycles. The summed E-state index contributed by atoms with van der Waals surface area (Å²) in [5.74, 6) is -0.475. The van der Waals surface area contributed by atoms with Crippen LogP contribution in [0.25, 0.3) is 0 Å². The molecule has 0 fully saturated rings. The predicted molar refractivity (Wildman–Crippen MR) is 157 cm³/mol. The summed E-state index contributed by atoms with van der Waals surface area (Å²) in [7, 11) is -3.88. The average molecular weight is 617 g/mol. The van der Waals surface area contributed by atoms with Crippen LogP contribution in [0.4, 0.5) is 5.69 Å². The van der Waals surface area contributed by atoms with E-state index in [-0.39, 0.29) is 24.6 Å². The van der Waals surface area contributed by atoms with Crippen molar-refractivity contribution in [2.45, 2.75) is 32.9 Å². The van der Waals surface area contributed by atoms with E-state index in [9.17, 15) is 18.0 Å². The normalized spacial score (nSPS) is 11.9. The molecule has 0 radical (unpaired) electrons. The Balaban J connectivity index is 2.05. The van der Waals surface area contributed by atoms with Gasteiger partial charge in [-0.2, -0.15) is 0 Å². The van der Waals surface area contributed by atoms with Crippen LogP contribution in [0.1, 0.15) is 25.0 Å². The van der Waals surface area contributed by atoms with Gasteiger partial charge in [-0.05, 0) is 49.2 Å². The van der Waals surface area contributed by atoms with E-state index in [1.165, 1.54) is 4.90 Å². The molecule has 2 amide bonds. The summed E-state index contributed by atoms with van der Waals surface area (Å²) < 4.78 is 33.5. The van der Waals surface area contributed by atoms with Gasteiger partial charge in [-0.15, -0.1) is 0 Å². The highest BCUT2D eigenvalue weighted by Crippen LogP contribution is 2.30. The van der Waals surface area contributed by atoms with Gasteiger partial charge in [0, 0.05) is 24.0 Å². The zero-order chi connectivity index (χ0) is 28.4. The van der Waals surface area contributed by atoms with Gasteiger partial charge < -0.3 is 15.0 Å².